The summed E-state index contributed by atoms with van der Waals surface area (Å²) >= 11 is 0. The van der Waals surface area contributed by atoms with Gasteiger partial charge in [-0.05, 0) is 44.9 Å². The van der Waals surface area contributed by atoms with Gasteiger partial charge < -0.3 is 89.9 Å². The van der Waals surface area contributed by atoms with Crippen molar-refractivity contribution in [1.29, 1.82) is 0 Å². The fraction of sp³-hybridized carbons (Fsp3) is 0.844. The third-order valence-electron chi connectivity index (χ3n) is 11.7. The molecule has 0 aliphatic carbocycles. The van der Waals surface area contributed by atoms with E-state index >= 15 is 0 Å². The van der Waals surface area contributed by atoms with Gasteiger partial charge in [0.25, 0.3) is 0 Å². The number of amides is 1. The smallest absolute Gasteiger partial charge is 0.220 e. The van der Waals surface area contributed by atoms with Crippen molar-refractivity contribution in [3.63, 3.8) is 0 Å². The molecule has 3 heterocycles. The second-order valence-corrected chi connectivity index (χ2v) is 16.8. The van der Waals surface area contributed by atoms with Gasteiger partial charge in [0.05, 0.1) is 38.6 Å². The lowest BCUT2D eigenvalue weighted by Gasteiger charge is -2.48. The number of aliphatic hydroxyl groups excluding tert-OH is 11. The molecule has 0 bridgehead atoms. The van der Waals surface area contributed by atoms with Crippen LogP contribution in [0.5, 0.6) is 0 Å². The molecule has 17 unspecified atom stereocenters. The van der Waals surface area contributed by atoms with E-state index in [-0.39, 0.29) is 18.9 Å². The lowest BCUT2D eigenvalue weighted by molar-refractivity contribution is -0.379. The molecule has 0 radical (unpaired) electrons. The van der Waals surface area contributed by atoms with Crippen LogP contribution in [-0.2, 0) is 33.2 Å². The molecule has 64 heavy (non-hydrogen) atoms. The first-order valence-corrected chi connectivity index (χ1v) is 23.2. The SMILES string of the molecule is CCCCCC/C=C/CC/C=C/CC/C=C/C(O)C(COC1OC(CO)C(OC2OC(CO)C(OC3OC(CO)C(O)C(O)C3O)C(O)C2O)C(O)C1O)NC(=O)CCCCCCC. The Kier molecular flexibility index (Phi) is 27.4. The van der Waals surface area contributed by atoms with Crippen LogP contribution in [0.3, 0.4) is 0 Å². The molecule has 3 saturated heterocycles. The summed E-state index contributed by atoms with van der Waals surface area (Å²) in [6.45, 7) is 1.50. The highest BCUT2D eigenvalue weighted by molar-refractivity contribution is 5.76. The van der Waals surface area contributed by atoms with Crippen molar-refractivity contribution in [2.45, 2.75) is 214 Å². The van der Waals surface area contributed by atoms with Gasteiger partial charge in [0, 0.05) is 6.42 Å². The van der Waals surface area contributed by atoms with Crippen molar-refractivity contribution < 1.29 is 89.4 Å². The minimum atomic E-state index is -1.98. The number of aliphatic hydroxyl groups is 11. The predicted octanol–water partition coefficient (Wildman–Crippen LogP) is -0.143. The van der Waals surface area contributed by atoms with E-state index < -0.39 is 124 Å². The zero-order valence-corrected chi connectivity index (χ0v) is 37.5. The number of allylic oxidation sites excluding steroid dienone is 5. The Hall–Kier alpha value is -1.99. The van der Waals surface area contributed by atoms with Crippen molar-refractivity contribution in [2.24, 2.45) is 0 Å². The fourth-order valence-electron chi connectivity index (χ4n) is 7.69. The molecule has 0 aromatic rings. The molecule has 1 amide bonds. The van der Waals surface area contributed by atoms with Crippen LogP contribution < -0.4 is 5.32 Å². The highest BCUT2D eigenvalue weighted by Gasteiger charge is 2.53. The van der Waals surface area contributed by atoms with Crippen LogP contribution in [0.15, 0.2) is 36.5 Å². The van der Waals surface area contributed by atoms with E-state index in [1.165, 1.54) is 25.7 Å². The topological polar surface area (TPSA) is 307 Å². The molecule has 0 aromatic carbocycles. The van der Waals surface area contributed by atoms with E-state index in [0.717, 1.165) is 51.4 Å². The second-order valence-electron chi connectivity index (χ2n) is 16.8. The van der Waals surface area contributed by atoms with Crippen LogP contribution in [0.1, 0.15) is 110 Å². The quantitative estimate of drug-likeness (QED) is 0.0330. The number of carbonyl (C=O) groups excluding carboxylic acids is 1. The van der Waals surface area contributed by atoms with Crippen LogP contribution in [0, 0.1) is 0 Å². The van der Waals surface area contributed by atoms with Gasteiger partial charge in [0.1, 0.15) is 73.2 Å². The molecule has 3 aliphatic heterocycles. The zero-order valence-electron chi connectivity index (χ0n) is 37.5. The fourth-order valence-corrected chi connectivity index (χ4v) is 7.69. The molecular formula is C45H79NO18. The number of hydrogen-bond acceptors (Lipinski definition) is 18. The van der Waals surface area contributed by atoms with Gasteiger partial charge in [-0.25, -0.2) is 0 Å². The number of unbranched alkanes of at least 4 members (excludes halogenated alkanes) is 10. The highest BCUT2D eigenvalue weighted by atomic mass is 16.8. The lowest BCUT2D eigenvalue weighted by atomic mass is 9.96. The van der Waals surface area contributed by atoms with E-state index in [1.54, 1.807) is 12.2 Å². The molecule has 0 aromatic heterocycles. The summed E-state index contributed by atoms with van der Waals surface area (Å²) in [4.78, 5) is 13.0. The van der Waals surface area contributed by atoms with E-state index in [1.807, 2.05) is 0 Å². The molecule has 0 saturated carbocycles. The molecule has 17 atom stereocenters. The molecule has 0 spiro atoms. The molecule has 372 valence electrons. The Morgan fingerprint density at radius 2 is 1.00 bits per heavy atom. The first kappa shape index (κ1) is 56.3. The standard InChI is InChI=1S/C45H79NO18/c1-3-5-7-9-10-11-12-13-14-15-16-17-19-20-22-29(50)28(46-33(51)23-21-18-8-6-4-2)27-59-43-39(57)36(54)41(31(25-48)61-43)64-45-40(58)37(55)42(32(26-49)62-45)63-44-38(56)35(53)34(52)30(24-47)60-44/h11-12,15-16,20,22,28-32,34-45,47-50,52-58H,3-10,13-14,17-19,21,23-27H2,1-2H3,(H,46,51)/b12-11+,16-15+,22-20+. The lowest BCUT2D eigenvalue weighted by Crippen LogP contribution is -2.66. The molecule has 3 rings (SSSR count). The maximum atomic E-state index is 13.0. The van der Waals surface area contributed by atoms with Crippen molar-refractivity contribution in [3.8, 4) is 0 Å². The molecule has 19 heteroatoms. The van der Waals surface area contributed by atoms with Crippen molar-refractivity contribution in [1.82, 2.24) is 5.32 Å². The Bertz CT molecular complexity index is 1340. The average molecular weight is 922 g/mol. The molecule has 12 N–H and O–H groups in total. The number of rotatable bonds is 30. The van der Waals surface area contributed by atoms with Crippen LogP contribution in [0.2, 0.25) is 0 Å². The number of carbonyl (C=O) groups is 1. The van der Waals surface area contributed by atoms with Crippen molar-refractivity contribution >= 4 is 5.91 Å². The van der Waals surface area contributed by atoms with Crippen LogP contribution in [0.4, 0.5) is 0 Å². The van der Waals surface area contributed by atoms with Crippen molar-refractivity contribution in [3.05, 3.63) is 36.5 Å². The van der Waals surface area contributed by atoms with Gasteiger partial charge in [0.2, 0.25) is 5.91 Å². The third-order valence-corrected chi connectivity index (χ3v) is 11.7. The summed E-state index contributed by atoms with van der Waals surface area (Å²) in [5, 5.41) is 119. The number of ether oxygens (including phenoxy) is 6. The minimum absolute atomic E-state index is 0.226. The summed E-state index contributed by atoms with van der Waals surface area (Å²) in [5.41, 5.74) is 0. The van der Waals surface area contributed by atoms with Crippen LogP contribution >= 0.6 is 0 Å². The first-order valence-electron chi connectivity index (χ1n) is 23.2. The molecule has 19 nitrogen and oxygen atoms in total. The van der Waals surface area contributed by atoms with Crippen LogP contribution in [-0.4, -0.2) is 193 Å². The van der Waals surface area contributed by atoms with E-state index in [4.69, 9.17) is 28.4 Å². The number of hydrogen-bond donors (Lipinski definition) is 12. The minimum Gasteiger partial charge on any atom is -0.394 e. The highest BCUT2D eigenvalue weighted by Crippen LogP contribution is 2.33. The second kappa shape index (κ2) is 31.1. The van der Waals surface area contributed by atoms with E-state index in [0.29, 0.717) is 12.8 Å². The van der Waals surface area contributed by atoms with Crippen LogP contribution in [0.25, 0.3) is 0 Å². The van der Waals surface area contributed by atoms with Gasteiger partial charge in [-0.3, -0.25) is 4.79 Å². The number of nitrogens with one attached hydrogen (secondary N) is 1. The monoisotopic (exact) mass is 922 g/mol. The van der Waals surface area contributed by atoms with Gasteiger partial charge in [-0.2, -0.15) is 0 Å². The summed E-state index contributed by atoms with van der Waals surface area (Å²) in [5.74, 6) is -0.308. The van der Waals surface area contributed by atoms with E-state index in [9.17, 15) is 61.0 Å². The van der Waals surface area contributed by atoms with Gasteiger partial charge in [0.15, 0.2) is 18.9 Å². The summed E-state index contributed by atoms with van der Waals surface area (Å²) in [7, 11) is 0. The summed E-state index contributed by atoms with van der Waals surface area (Å²) < 4.78 is 33.9. The molecule has 3 aliphatic rings. The Labute approximate surface area is 377 Å². The largest absolute Gasteiger partial charge is 0.394 e. The van der Waals surface area contributed by atoms with Gasteiger partial charge in [-0.15, -0.1) is 0 Å². The zero-order chi connectivity index (χ0) is 47.0. The Morgan fingerprint density at radius 1 is 0.547 bits per heavy atom. The first-order chi connectivity index (χ1) is 30.8. The average Bonchev–Trinajstić information content (AvgIpc) is 3.29. The molecule has 3 fully saturated rings. The van der Waals surface area contributed by atoms with E-state index in [2.05, 4.69) is 43.5 Å². The Balaban J connectivity index is 1.59. The maximum absolute atomic E-state index is 13.0. The van der Waals surface area contributed by atoms with Crippen molar-refractivity contribution in [2.75, 3.05) is 26.4 Å². The predicted molar refractivity (Wildman–Crippen MR) is 231 cm³/mol. The normalized spacial score (nSPS) is 34.8. The van der Waals surface area contributed by atoms with Gasteiger partial charge in [-0.1, -0.05) is 95.2 Å². The maximum Gasteiger partial charge on any atom is 0.220 e. The summed E-state index contributed by atoms with van der Waals surface area (Å²) in [6.07, 6.45) is -0.576. The molecular weight excluding hydrogens is 842 g/mol. The Morgan fingerprint density at radius 3 is 1.55 bits per heavy atom. The van der Waals surface area contributed by atoms with Gasteiger partial charge >= 0.3 is 0 Å². The summed E-state index contributed by atoms with van der Waals surface area (Å²) in [6, 6.07) is -0.987. The third kappa shape index (κ3) is 17.9.